The van der Waals surface area contributed by atoms with Gasteiger partial charge >= 0.3 is 0 Å². The Morgan fingerprint density at radius 3 is 2.75 bits per heavy atom. The molecule has 0 radical (unpaired) electrons. The highest BCUT2D eigenvalue weighted by molar-refractivity contribution is 14.0. The van der Waals surface area contributed by atoms with Crippen LogP contribution in [0, 0.1) is 0 Å². The van der Waals surface area contributed by atoms with Crippen molar-refractivity contribution >= 4 is 41.5 Å². The highest BCUT2D eigenvalue weighted by Crippen LogP contribution is 2.22. The van der Waals surface area contributed by atoms with Crippen molar-refractivity contribution in [1.29, 1.82) is 0 Å². The first-order chi connectivity index (χ1) is 11.1. The second-order valence-electron chi connectivity index (χ2n) is 4.92. The lowest BCUT2D eigenvalue weighted by molar-refractivity contribution is 0.414. The van der Waals surface area contributed by atoms with Gasteiger partial charge in [-0.25, -0.2) is 0 Å². The Hall–Kier alpha value is -1.55. The molecule has 2 rings (SSSR count). The maximum atomic E-state index is 6.23. The van der Waals surface area contributed by atoms with Crippen LogP contribution in [0.1, 0.15) is 11.4 Å². The summed E-state index contributed by atoms with van der Waals surface area (Å²) < 4.78 is 7.00. The molecule has 24 heavy (non-hydrogen) atoms. The molecule has 0 spiro atoms. The fraction of sp³-hybridized carbons (Fsp3) is 0.400. The number of aryl methyl sites for hydroxylation is 1. The average molecular weight is 465 g/mol. The minimum atomic E-state index is 0. The normalized spacial score (nSPS) is 10.9. The molecule has 1 aromatic carbocycles. The maximum absolute atomic E-state index is 6.23. The Morgan fingerprint density at radius 2 is 2.17 bits per heavy atom. The molecule has 0 saturated heterocycles. The van der Waals surface area contributed by atoms with Crippen molar-refractivity contribution in [2.24, 2.45) is 12.0 Å². The van der Waals surface area contributed by atoms with Gasteiger partial charge in [0.05, 0.1) is 13.7 Å². The summed E-state index contributed by atoms with van der Waals surface area (Å²) in [5, 5.41) is 15.0. The van der Waals surface area contributed by atoms with E-state index in [4.69, 9.17) is 16.3 Å². The van der Waals surface area contributed by atoms with Gasteiger partial charge in [-0.05, 0) is 24.1 Å². The van der Waals surface area contributed by atoms with E-state index in [2.05, 4.69) is 25.8 Å². The van der Waals surface area contributed by atoms with Gasteiger partial charge in [-0.3, -0.25) is 4.99 Å². The van der Waals surface area contributed by atoms with Crippen molar-refractivity contribution in [3.63, 3.8) is 0 Å². The molecule has 0 amide bonds. The van der Waals surface area contributed by atoms with E-state index in [1.807, 2.05) is 29.8 Å². The fourth-order valence-electron chi connectivity index (χ4n) is 2.02. The molecule has 1 heterocycles. The van der Waals surface area contributed by atoms with Crippen molar-refractivity contribution in [2.75, 3.05) is 20.7 Å². The minimum absolute atomic E-state index is 0. The van der Waals surface area contributed by atoms with Gasteiger partial charge in [0, 0.05) is 25.7 Å². The number of hydrogen-bond acceptors (Lipinski definition) is 4. The third-order valence-electron chi connectivity index (χ3n) is 3.39. The average Bonchev–Trinajstić information content (AvgIpc) is 2.97. The van der Waals surface area contributed by atoms with Gasteiger partial charge < -0.3 is 19.9 Å². The van der Waals surface area contributed by atoms with Crippen LogP contribution in [0.2, 0.25) is 5.02 Å². The zero-order valence-corrected chi connectivity index (χ0v) is 17.0. The van der Waals surface area contributed by atoms with Crippen molar-refractivity contribution in [3.05, 3.63) is 40.9 Å². The van der Waals surface area contributed by atoms with Gasteiger partial charge in [0.1, 0.15) is 12.1 Å². The summed E-state index contributed by atoms with van der Waals surface area (Å²) in [5.74, 6) is 2.30. The molecule has 2 aromatic rings. The standard InChI is InChI=1S/C15H21ClN6O.HI/c1-17-15(19-9-14-21-20-10-22(14)2)18-7-6-11-4-5-12(23-3)8-13(11)16;/h4-5,8,10H,6-7,9H2,1-3H3,(H2,17,18,19);1H. The predicted molar refractivity (Wildman–Crippen MR) is 106 cm³/mol. The summed E-state index contributed by atoms with van der Waals surface area (Å²) in [5.41, 5.74) is 1.06. The number of guanidine groups is 1. The van der Waals surface area contributed by atoms with Crippen molar-refractivity contribution in [2.45, 2.75) is 13.0 Å². The van der Waals surface area contributed by atoms with Gasteiger partial charge in [0.2, 0.25) is 0 Å². The summed E-state index contributed by atoms with van der Waals surface area (Å²) >= 11 is 6.23. The number of nitrogens with zero attached hydrogens (tertiary/aromatic N) is 4. The molecular formula is C15H22ClIN6O. The van der Waals surface area contributed by atoms with E-state index in [0.717, 1.165) is 23.6 Å². The smallest absolute Gasteiger partial charge is 0.191 e. The number of aliphatic imine (C=N–C) groups is 1. The Labute approximate surface area is 163 Å². The molecule has 0 unspecified atom stereocenters. The molecule has 0 bridgehead atoms. The van der Waals surface area contributed by atoms with Crippen LogP contribution >= 0.6 is 35.6 Å². The number of benzene rings is 1. The van der Waals surface area contributed by atoms with E-state index in [9.17, 15) is 0 Å². The van der Waals surface area contributed by atoms with Crippen LogP contribution in [0.4, 0.5) is 0 Å². The molecule has 2 N–H and O–H groups in total. The van der Waals surface area contributed by atoms with Crippen LogP contribution in [-0.2, 0) is 20.0 Å². The number of hydrogen-bond donors (Lipinski definition) is 2. The summed E-state index contributed by atoms with van der Waals surface area (Å²) in [7, 11) is 5.25. The minimum Gasteiger partial charge on any atom is -0.497 e. The third kappa shape index (κ3) is 5.82. The molecule has 0 aliphatic carbocycles. The van der Waals surface area contributed by atoms with E-state index < -0.39 is 0 Å². The first-order valence-electron chi connectivity index (χ1n) is 7.24. The van der Waals surface area contributed by atoms with E-state index >= 15 is 0 Å². The highest BCUT2D eigenvalue weighted by atomic mass is 127. The topological polar surface area (TPSA) is 76.4 Å². The van der Waals surface area contributed by atoms with Gasteiger partial charge in [-0.15, -0.1) is 34.2 Å². The zero-order chi connectivity index (χ0) is 16.7. The van der Waals surface area contributed by atoms with Crippen LogP contribution in [-0.4, -0.2) is 41.4 Å². The van der Waals surface area contributed by atoms with Crippen LogP contribution in [0.25, 0.3) is 0 Å². The molecular weight excluding hydrogens is 443 g/mol. The van der Waals surface area contributed by atoms with E-state index in [1.165, 1.54) is 0 Å². The lowest BCUT2D eigenvalue weighted by atomic mass is 10.1. The second kappa shape index (κ2) is 10.3. The molecule has 0 aliphatic rings. The first kappa shape index (κ1) is 20.5. The summed E-state index contributed by atoms with van der Waals surface area (Å²) in [4.78, 5) is 4.18. The molecule has 1 aromatic heterocycles. The van der Waals surface area contributed by atoms with Gasteiger partial charge in [0.15, 0.2) is 11.8 Å². The number of ether oxygens (including phenoxy) is 1. The summed E-state index contributed by atoms with van der Waals surface area (Å²) in [6, 6.07) is 5.69. The predicted octanol–water partition coefficient (Wildman–Crippen LogP) is 2.00. The molecule has 9 heteroatoms. The van der Waals surface area contributed by atoms with E-state index in [1.54, 1.807) is 20.5 Å². The van der Waals surface area contributed by atoms with Gasteiger partial charge in [0.25, 0.3) is 0 Å². The summed E-state index contributed by atoms with van der Waals surface area (Å²) in [6.45, 7) is 1.27. The zero-order valence-electron chi connectivity index (χ0n) is 13.9. The quantitative estimate of drug-likeness (QED) is 0.389. The number of methoxy groups -OCH3 is 1. The molecule has 132 valence electrons. The van der Waals surface area contributed by atoms with Crippen LogP contribution < -0.4 is 15.4 Å². The summed E-state index contributed by atoms with van der Waals surface area (Å²) in [6.07, 6.45) is 2.45. The molecule has 0 aliphatic heterocycles. The van der Waals surface area contributed by atoms with Gasteiger partial charge in [-0.1, -0.05) is 17.7 Å². The first-order valence-corrected chi connectivity index (χ1v) is 7.61. The van der Waals surface area contributed by atoms with Crippen LogP contribution in [0.5, 0.6) is 5.75 Å². The molecule has 0 atom stereocenters. The van der Waals surface area contributed by atoms with Crippen LogP contribution in [0.15, 0.2) is 29.5 Å². The van der Waals surface area contributed by atoms with E-state index in [-0.39, 0.29) is 24.0 Å². The Bertz CT molecular complexity index is 676. The number of rotatable bonds is 6. The lowest BCUT2D eigenvalue weighted by Gasteiger charge is -2.12. The van der Waals surface area contributed by atoms with E-state index in [0.29, 0.717) is 24.1 Å². The van der Waals surface area contributed by atoms with Crippen molar-refractivity contribution in [3.8, 4) is 5.75 Å². The van der Waals surface area contributed by atoms with Crippen molar-refractivity contribution in [1.82, 2.24) is 25.4 Å². The van der Waals surface area contributed by atoms with Crippen molar-refractivity contribution < 1.29 is 4.74 Å². The number of halogens is 2. The fourth-order valence-corrected chi connectivity index (χ4v) is 2.29. The molecule has 7 nitrogen and oxygen atoms in total. The number of nitrogens with one attached hydrogen (secondary N) is 2. The Balaban J connectivity index is 0.00000288. The maximum Gasteiger partial charge on any atom is 0.191 e. The Kier molecular flexibility index (Phi) is 8.83. The highest BCUT2D eigenvalue weighted by Gasteiger charge is 2.05. The largest absolute Gasteiger partial charge is 0.497 e. The number of aromatic nitrogens is 3. The molecule has 0 saturated carbocycles. The lowest BCUT2D eigenvalue weighted by Crippen LogP contribution is -2.38. The van der Waals surface area contributed by atoms with Gasteiger partial charge in [-0.2, -0.15) is 0 Å². The monoisotopic (exact) mass is 464 g/mol. The SMILES string of the molecule is CN=C(NCCc1ccc(OC)cc1Cl)NCc1nncn1C.I. The van der Waals surface area contributed by atoms with Crippen LogP contribution in [0.3, 0.4) is 0 Å². The second-order valence-corrected chi connectivity index (χ2v) is 5.33. The molecule has 0 fully saturated rings. The Morgan fingerprint density at radius 1 is 1.38 bits per heavy atom. The third-order valence-corrected chi connectivity index (χ3v) is 3.74.